The van der Waals surface area contributed by atoms with Gasteiger partial charge in [-0.3, -0.25) is 4.99 Å². The summed E-state index contributed by atoms with van der Waals surface area (Å²) in [5.41, 5.74) is 4.49. The molecule has 35 heavy (non-hydrogen) atoms. The first kappa shape index (κ1) is 27.3. The lowest BCUT2D eigenvalue weighted by Gasteiger charge is -2.39. The summed E-state index contributed by atoms with van der Waals surface area (Å²) >= 11 is 0. The zero-order chi connectivity index (χ0) is 25.5. The second-order valence-electron chi connectivity index (χ2n) is 9.83. The maximum absolute atomic E-state index is 10.1. The van der Waals surface area contributed by atoms with Gasteiger partial charge in [-0.2, -0.15) is 0 Å². The Labute approximate surface area is 208 Å². The summed E-state index contributed by atoms with van der Waals surface area (Å²) in [6.45, 7) is 8.91. The number of rotatable bonds is 10. The molecule has 1 saturated carbocycles. The minimum Gasteiger partial charge on any atom is -0.491 e. The molecule has 0 spiro atoms. The van der Waals surface area contributed by atoms with Crippen molar-refractivity contribution >= 4 is 11.9 Å². The van der Waals surface area contributed by atoms with Gasteiger partial charge in [-0.15, -0.1) is 0 Å². The molecule has 0 aromatic heterocycles. The number of benzene rings is 2. The van der Waals surface area contributed by atoms with E-state index in [0.717, 1.165) is 11.3 Å². The second kappa shape index (κ2) is 12.6. The zero-order valence-corrected chi connectivity index (χ0v) is 21.0. The van der Waals surface area contributed by atoms with Crippen LogP contribution in [0.1, 0.15) is 62.6 Å². The molecular formula is C28H39NO6. The van der Waals surface area contributed by atoms with Crippen molar-refractivity contribution < 1.29 is 29.9 Å². The quantitative estimate of drug-likeness (QED) is 0.303. The molecule has 0 radical (unpaired) electrons. The van der Waals surface area contributed by atoms with Gasteiger partial charge in [-0.1, -0.05) is 45.9 Å². The SMILES string of the molecule is CC(C)c1cccc(C(C)C)c1N=Cc1ccc(OCCO[C@H]2CC(CO)[C@@H](O)[C@H](O)C2O)cc1. The molecular weight excluding hydrogens is 446 g/mol. The van der Waals surface area contributed by atoms with Gasteiger partial charge in [-0.25, -0.2) is 0 Å². The lowest BCUT2D eigenvalue weighted by Crippen LogP contribution is -2.55. The number of para-hydroxylation sites is 1. The Bertz CT molecular complexity index is 930. The zero-order valence-electron chi connectivity index (χ0n) is 21.0. The molecule has 5 atom stereocenters. The smallest absolute Gasteiger partial charge is 0.119 e. The summed E-state index contributed by atoms with van der Waals surface area (Å²) in [5.74, 6) is 0.926. The van der Waals surface area contributed by atoms with Gasteiger partial charge in [0.15, 0.2) is 0 Å². The van der Waals surface area contributed by atoms with Crippen LogP contribution >= 0.6 is 0 Å². The van der Waals surface area contributed by atoms with Crippen molar-refractivity contribution in [2.24, 2.45) is 10.9 Å². The van der Waals surface area contributed by atoms with Crippen LogP contribution in [0.25, 0.3) is 0 Å². The number of aliphatic hydroxyl groups excluding tert-OH is 4. The van der Waals surface area contributed by atoms with Crippen LogP contribution < -0.4 is 4.74 Å². The van der Waals surface area contributed by atoms with E-state index in [0.29, 0.717) is 17.6 Å². The Morgan fingerprint density at radius 1 is 0.886 bits per heavy atom. The first-order valence-electron chi connectivity index (χ1n) is 12.4. The van der Waals surface area contributed by atoms with Crippen LogP contribution in [0, 0.1) is 5.92 Å². The molecule has 3 rings (SSSR count). The van der Waals surface area contributed by atoms with E-state index in [9.17, 15) is 20.4 Å². The predicted octanol–water partition coefficient (Wildman–Crippen LogP) is 3.54. The van der Waals surface area contributed by atoms with Crippen LogP contribution in [-0.4, -0.2) is 70.9 Å². The molecule has 1 aliphatic carbocycles. The Kier molecular flexibility index (Phi) is 9.83. The van der Waals surface area contributed by atoms with Crippen LogP contribution in [0.15, 0.2) is 47.5 Å². The molecule has 4 N–H and O–H groups in total. The molecule has 7 nitrogen and oxygen atoms in total. The van der Waals surface area contributed by atoms with E-state index in [1.165, 1.54) is 11.1 Å². The standard InChI is InChI=1S/C28H39NO6/c1-17(2)22-6-5-7-23(18(3)4)25(22)29-15-19-8-10-21(11-9-19)34-12-13-35-24-14-20(16-30)26(31)28(33)27(24)32/h5-11,15,17-18,20,24,26-28,30-33H,12-14,16H2,1-4H3/t20?,24-,26+,27?,28-/m0/s1. The number of aliphatic hydroxyl groups is 4. The molecule has 0 saturated heterocycles. The highest BCUT2D eigenvalue weighted by Crippen LogP contribution is 2.34. The van der Waals surface area contributed by atoms with Gasteiger partial charge >= 0.3 is 0 Å². The van der Waals surface area contributed by atoms with Crippen molar-refractivity contribution in [3.8, 4) is 5.75 Å². The summed E-state index contributed by atoms with van der Waals surface area (Å²) in [6.07, 6.45) is -2.24. The minimum atomic E-state index is -1.34. The lowest BCUT2D eigenvalue weighted by atomic mass is 9.81. The molecule has 2 aromatic rings. The molecule has 0 bridgehead atoms. The molecule has 0 aliphatic heterocycles. The topological polar surface area (TPSA) is 112 Å². The van der Waals surface area contributed by atoms with E-state index < -0.39 is 30.3 Å². The maximum Gasteiger partial charge on any atom is 0.119 e. The van der Waals surface area contributed by atoms with Crippen molar-refractivity contribution in [2.75, 3.05) is 19.8 Å². The van der Waals surface area contributed by atoms with E-state index in [2.05, 4.69) is 45.9 Å². The number of hydrogen-bond acceptors (Lipinski definition) is 7. The largest absolute Gasteiger partial charge is 0.491 e. The third-order valence-corrected chi connectivity index (χ3v) is 6.58. The molecule has 1 fully saturated rings. The maximum atomic E-state index is 10.1. The number of ether oxygens (including phenoxy) is 2. The van der Waals surface area contributed by atoms with Crippen molar-refractivity contribution in [2.45, 2.75) is 70.4 Å². The van der Waals surface area contributed by atoms with Gasteiger partial charge in [0, 0.05) is 18.7 Å². The van der Waals surface area contributed by atoms with Gasteiger partial charge in [-0.05, 0) is 59.2 Å². The number of aliphatic imine (C=N–C) groups is 1. The molecule has 7 heteroatoms. The van der Waals surface area contributed by atoms with E-state index in [4.69, 9.17) is 14.5 Å². The summed E-state index contributed by atoms with van der Waals surface area (Å²) in [4.78, 5) is 4.84. The molecule has 192 valence electrons. The average Bonchev–Trinajstić information content (AvgIpc) is 2.85. The van der Waals surface area contributed by atoms with E-state index >= 15 is 0 Å². The van der Waals surface area contributed by atoms with E-state index in [-0.39, 0.29) is 26.2 Å². The van der Waals surface area contributed by atoms with Gasteiger partial charge in [0.2, 0.25) is 0 Å². The van der Waals surface area contributed by atoms with Crippen molar-refractivity contribution in [3.63, 3.8) is 0 Å². The van der Waals surface area contributed by atoms with Crippen LogP contribution in [0.2, 0.25) is 0 Å². The fourth-order valence-electron chi connectivity index (χ4n) is 4.44. The Balaban J connectivity index is 1.55. The van der Waals surface area contributed by atoms with Crippen LogP contribution in [-0.2, 0) is 4.74 Å². The normalized spacial score (nSPS) is 25.0. The fourth-order valence-corrected chi connectivity index (χ4v) is 4.44. The van der Waals surface area contributed by atoms with E-state index in [1.54, 1.807) is 0 Å². The Hall–Kier alpha value is -2.29. The molecule has 1 aliphatic rings. The Morgan fingerprint density at radius 3 is 2.09 bits per heavy atom. The van der Waals surface area contributed by atoms with Crippen LogP contribution in [0.5, 0.6) is 5.75 Å². The summed E-state index contributed by atoms with van der Waals surface area (Å²) in [5, 5.41) is 39.3. The molecule has 2 unspecified atom stereocenters. The van der Waals surface area contributed by atoms with Crippen molar-refractivity contribution in [3.05, 3.63) is 59.2 Å². The van der Waals surface area contributed by atoms with Crippen molar-refractivity contribution in [1.29, 1.82) is 0 Å². The minimum absolute atomic E-state index is 0.204. The summed E-state index contributed by atoms with van der Waals surface area (Å²) in [6, 6.07) is 14.0. The number of hydrogen-bond donors (Lipinski definition) is 4. The highest BCUT2D eigenvalue weighted by atomic mass is 16.5. The van der Waals surface area contributed by atoms with Gasteiger partial charge in [0.25, 0.3) is 0 Å². The third kappa shape index (κ3) is 6.90. The van der Waals surface area contributed by atoms with E-state index in [1.807, 2.05) is 30.5 Å². The first-order chi connectivity index (χ1) is 16.7. The lowest BCUT2D eigenvalue weighted by molar-refractivity contribution is -0.179. The van der Waals surface area contributed by atoms with Gasteiger partial charge in [0.05, 0.1) is 24.5 Å². The van der Waals surface area contributed by atoms with Gasteiger partial charge < -0.3 is 29.9 Å². The molecule has 2 aromatic carbocycles. The van der Waals surface area contributed by atoms with Gasteiger partial charge in [0.1, 0.15) is 24.6 Å². The number of nitrogens with zero attached hydrogens (tertiary/aromatic N) is 1. The first-order valence-corrected chi connectivity index (χ1v) is 12.4. The molecule has 0 heterocycles. The fraction of sp³-hybridized carbons (Fsp3) is 0.536. The summed E-state index contributed by atoms with van der Waals surface area (Å²) < 4.78 is 11.4. The molecule has 0 amide bonds. The van der Waals surface area contributed by atoms with Crippen molar-refractivity contribution in [1.82, 2.24) is 0 Å². The summed E-state index contributed by atoms with van der Waals surface area (Å²) in [7, 11) is 0. The Morgan fingerprint density at radius 2 is 1.51 bits per heavy atom. The average molecular weight is 486 g/mol. The third-order valence-electron chi connectivity index (χ3n) is 6.58. The predicted molar refractivity (Wildman–Crippen MR) is 137 cm³/mol. The van der Waals surface area contributed by atoms with Crippen LogP contribution in [0.3, 0.4) is 0 Å². The highest BCUT2D eigenvalue weighted by molar-refractivity contribution is 5.83. The van der Waals surface area contributed by atoms with Crippen LogP contribution in [0.4, 0.5) is 5.69 Å². The monoisotopic (exact) mass is 485 g/mol. The highest BCUT2D eigenvalue weighted by Gasteiger charge is 2.42. The second-order valence-corrected chi connectivity index (χ2v) is 9.83.